The monoisotopic (exact) mass is 314 g/mol. The molecule has 122 valence electrons. The number of carbonyl (C=O) groups is 1. The van der Waals surface area contributed by atoms with Gasteiger partial charge in [0.05, 0.1) is 12.6 Å². The number of hydrogen-bond acceptors (Lipinski definition) is 3. The molecule has 0 radical (unpaired) electrons. The van der Waals surface area contributed by atoms with Crippen molar-refractivity contribution >= 4 is 5.91 Å². The van der Waals surface area contributed by atoms with Crippen molar-refractivity contribution in [3.05, 3.63) is 69.6 Å². The van der Waals surface area contributed by atoms with E-state index in [1.807, 2.05) is 30.3 Å². The van der Waals surface area contributed by atoms with Gasteiger partial charge in [0.15, 0.2) is 0 Å². The van der Waals surface area contributed by atoms with Gasteiger partial charge in [-0.3, -0.25) is 9.59 Å². The fourth-order valence-corrected chi connectivity index (χ4v) is 2.48. The molecule has 1 amide bonds. The molecule has 1 aromatic carbocycles. The predicted octanol–water partition coefficient (Wildman–Crippen LogP) is 2.01. The highest BCUT2D eigenvalue weighted by Crippen LogP contribution is 2.11. The zero-order valence-corrected chi connectivity index (χ0v) is 13.7. The fourth-order valence-electron chi connectivity index (χ4n) is 2.48. The number of nitrogens with one attached hydrogen (secondary N) is 1. The van der Waals surface area contributed by atoms with Gasteiger partial charge < -0.3 is 14.6 Å². The third-order valence-electron chi connectivity index (χ3n) is 3.83. The largest absolute Gasteiger partial charge is 0.383 e. The molecule has 0 saturated heterocycles. The van der Waals surface area contributed by atoms with Crippen LogP contribution in [0.15, 0.2) is 47.3 Å². The standard InChI is InChI=1S/C18H22N2O3/c1-13-9-10-16(17(21)19-13)18(22)20(2)15(12-23-3)11-14-7-5-4-6-8-14/h4-10,15H,11-12H2,1-3H3,(H,19,21)/t15-/m0/s1. The first kappa shape index (κ1) is 17.0. The molecule has 2 aromatic rings. The van der Waals surface area contributed by atoms with E-state index < -0.39 is 0 Å². The van der Waals surface area contributed by atoms with Gasteiger partial charge in [-0.2, -0.15) is 0 Å². The molecule has 0 aliphatic rings. The smallest absolute Gasteiger partial charge is 0.260 e. The number of aromatic nitrogens is 1. The third kappa shape index (κ3) is 4.29. The summed E-state index contributed by atoms with van der Waals surface area (Å²) >= 11 is 0. The van der Waals surface area contributed by atoms with Crippen molar-refractivity contribution in [1.29, 1.82) is 0 Å². The molecule has 1 N–H and O–H groups in total. The second kappa shape index (κ2) is 7.74. The van der Waals surface area contributed by atoms with Gasteiger partial charge in [0.1, 0.15) is 5.56 Å². The highest BCUT2D eigenvalue weighted by atomic mass is 16.5. The molecule has 2 rings (SSSR count). The van der Waals surface area contributed by atoms with Crippen LogP contribution < -0.4 is 5.56 Å². The van der Waals surface area contributed by atoms with E-state index >= 15 is 0 Å². The Balaban J connectivity index is 2.21. The maximum Gasteiger partial charge on any atom is 0.260 e. The molecule has 0 spiro atoms. The molecule has 5 nitrogen and oxygen atoms in total. The van der Waals surface area contributed by atoms with Crippen LogP contribution in [0.4, 0.5) is 0 Å². The van der Waals surface area contributed by atoms with Crippen LogP contribution >= 0.6 is 0 Å². The van der Waals surface area contributed by atoms with Gasteiger partial charge in [-0.15, -0.1) is 0 Å². The van der Waals surface area contributed by atoms with Gasteiger partial charge in [0, 0.05) is 19.9 Å². The Morgan fingerprint density at radius 3 is 2.52 bits per heavy atom. The fraction of sp³-hybridized carbons (Fsp3) is 0.333. The van der Waals surface area contributed by atoms with Crippen LogP contribution in [0.5, 0.6) is 0 Å². The molecular formula is C18H22N2O3. The molecule has 0 saturated carbocycles. The average Bonchev–Trinajstić information content (AvgIpc) is 2.54. The maximum absolute atomic E-state index is 12.6. The van der Waals surface area contributed by atoms with Crippen molar-refractivity contribution < 1.29 is 9.53 Å². The first-order valence-corrected chi connectivity index (χ1v) is 7.53. The minimum absolute atomic E-state index is 0.143. The molecule has 1 heterocycles. The number of nitrogens with zero attached hydrogens (tertiary/aromatic N) is 1. The lowest BCUT2D eigenvalue weighted by Gasteiger charge is -2.27. The van der Waals surface area contributed by atoms with Crippen LogP contribution in [-0.2, 0) is 11.2 Å². The zero-order valence-electron chi connectivity index (χ0n) is 13.7. The van der Waals surface area contributed by atoms with Crippen molar-refractivity contribution in [2.24, 2.45) is 0 Å². The number of aromatic amines is 1. The number of carbonyl (C=O) groups excluding carboxylic acids is 1. The number of amides is 1. The molecule has 0 bridgehead atoms. The van der Waals surface area contributed by atoms with E-state index in [0.29, 0.717) is 13.0 Å². The summed E-state index contributed by atoms with van der Waals surface area (Å²) < 4.78 is 5.25. The molecule has 0 aliphatic carbocycles. The highest BCUT2D eigenvalue weighted by Gasteiger charge is 2.23. The average molecular weight is 314 g/mol. The zero-order chi connectivity index (χ0) is 16.8. The van der Waals surface area contributed by atoms with Gasteiger partial charge >= 0.3 is 0 Å². The van der Waals surface area contributed by atoms with E-state index in [-0.39, 0.29) is 23.1 Å². The van der Waals surface area contributed by atoms with Gasteiger partial charge in [-0.05, 0) is 31.0 Å². The number of H-pyrrole nitrogens is 1. The van der Waals surface area contributed by atoms with E-state index in [1.165, 1.54) is 0 Å². The molecule has 0 fully saturated rings. The minimum Gasteiger partial charge on any atom is -0.383 e. The Bertz CT molecular complexity index is 710. The van der Waals surface area contributed by atoms with Crippen molar-refractivity contribution in [2.45, 2.75) is 19.4 Å². The van der Waals surface area contributed by atoms with Crippen LogP contribution in [-0.4, -0.2) is 42.6 Å². The van der Waals surface area contributed by atoms with E-state index in [9.17, 15) is 9.59 Å². The first-order valence-electron chi connectivity index (χ1n) is 7.53. The quantitative estimate of drug-likeness (QED) is 0.887. The number of methoxy groups -OCH3 is 1. The molecular weight excluding hydrogens is 292 g/mol. The van der Waals surface area contributed by atoms with E-state index in [0.717, 1.165) is 11.3 Å². The summed E-state index contributed by atoms with van der Waals surface area (Å²) in [6.45, 7) is 2.18. The number of benzene rings is 1. The molecule has 1 atom stereocenters. The second-order valence-corrected chi connectivity index (χ2v) is 5.60. The lowest BCUT2D eigenvalue weighted by molar-refractivity contribution is 0.0603. The predicted molar refractivity (Wildman–Crippen MR) is 89.7 cm³/mol. The van der Waals surface area contributed by atoms with Crippen LogP contribution in [0.2, 0.25) is 0 Å². The first-order chi connectivity index (χ1) is 11.0. The summed E-state index contributed by atoms with van der Waals surface area (Å²) in [7, 11) is 3.31. The number of likely N-dealkylation sites (N-methyl/N-ethyl adjacent to an activating group) is 1. The molecule has 1 aromatic heterocycles. The maximum atomic E-state index is 12.6. The molecule has 0 unspecified atom stereocenters. The van der Waals surface area contributed by atoms with Crippen molar-refractivity contribution in [2.75, 3.05) is 20.8 Å². The second-order valence-electron chi connectivity index (χ2n) is 5.60. The van der Waals surface area contributed by atoms with Crippen LogP contribution in [0, 0.1) is 6.92 Å². The summed E-state index contributed by atoms with van der Waals surface area (Å²) in [5, 5.41) is 0. The number of ether oxygens (including phenoxy) is 1. The van der Waals surface area contributed by atoms with Crippen molar-refractivity contribution in [3.63, 3.8) is 0 Å². The lowest BCUT2D eigenvalue weighted by Crippen LogP contribution is -2.43. The molecule has 23 heavy (non-hydrogen) atoms. The number of hydrogen-bond donors (Lipinski definition) is 1. The minimum atomic E-state index is -0.363. The Hall–Kier alpha value is -2.40. The van der Waals surface area contributed by atoms with Gasteiger partial charge in [0.25, 0.3) is 11.5 Å². The van der Waals surface area contributed by atoms with Gasteiger partial charge in [-0.1, -0.05) is 30.3 Å². The summed E-state index contributed by atoms with van der Waals surface area (Å²) in [5.41, 5.74) is 1.63. The third-order valence-corrected chi connectivity index (χ3v) is 3.83. The number of aryl methyl sites for hydroxylation is 1. The van der Waals surface area contributed by atoms with E-state index in [1.54, 1.807) is 38.1 Å². The van der Waals surface area contributed by atoms with Crippen LogP contribution in [0.25, 0.3) is 0 Å². The van der Waals surface area contributed by atoms with Crippen molar-refractivity contribution in [1.82, 2.24) is 9.88 Å². The Morgan fingerprint density at radius 1 is 1.22 bits per heavy atom. The summed E-state index contributed by atoms with van der Waals surface area (Å²) in [6.07, 6.45) is 0.667. The van der Waals surface area contributed by atoms with E-state index in [2.05, 4.69) is 4.98 Å². The van der Waals surface area contributed by atoms with Crippen LogP contribution in [0.3, 0.4) is 0 Å². The summed E-state index contributed by atoms with van der Waals surface area (Å²) in [6, 6.07) is 13.1. The van der Waals surface area contributed by atoms with Gasteiger partial charge in [0.2, 0.25) is 0 Å². The Kier molecular flexibility index (Phi) is 5.71. The van der Waals surface area contributed by atoms with Crippen LogP contribution in [0.1, 0.15) is 21.6 Å². The number of rotatable bonds is 6. The summed E-state index contributed by atoms with van der Waals surface area (Å²) in [4.78, 5) is 28.9. The lowest BCUT2D eigenvalue weighted by atomic mass is 10.0. The Morgan fingerprint density at radius 2 is 1.91 bits per heavy atom. The summed E-state index contributed by atoms with van der Waals surface area (Å²) in [5.74, 6) is -0.302. The van der Waals surface area contributed by atoms with Crippen molar-refractivity contribution in [3.8, 4) is 0 Å². The molecule has 5 heteroatoms. The topological polar surface area (TPSA) is 62.4 Å². The number of pyridine rings is 1. The SMILES string of the molecule is COC[C@H](Cc1ccccc1)N(C)C(=O)c1ccc(C)[nH]c1=O. The van der Waals surface area contributed by atoms with Gasteiger partial charge in [-0.25, -0.2) is 0 Å². The van der Waals surface area contributed by atoms with E-state index in [4.69, 9.17) is 4.74 Å². The highest BCUT2D eigenvalue weighted by molar-refractivity contribution is 5.93. The normalized spacial score (nSPS) is 12.0. The molecule has 0 aliphatic heterocycles. The Labute approximate surface area is 135 Å².